The molecule has 0 spiro atoms. The molecule has 2 N–H and O–H groups in total. The summed E-state index contributed by atoms with van der Waals surface area (Å²) in [5.74, 6) is 1.05. The standard InChI is InChI=1S/C10H15NOS/c12-8-6-11-7-9-13-10-4-2-1-3-5-10/h1-5,11-12H,6-9H2. The number of hydrogen-bond donors (Lipinski definition) is 2. The van der Waals surface area contributed by atoms with E-state index in [2.05, 4.69) is 17.4 Å². The van der Waals surface area contributed by atoms with Crippen LogP contribution in [-0.2, 0) is 0 Å². The highest BCUT2D eigenvalue weighted by Gasteiger charge is 1.91. The number of nitrogens with one attached hydrogen (secondary N) is 1. The van der Waals surface area contributed by atoms with Gasteiger partial charge < -0.3 is 10.4 Å². The highest BCUT2D eigenvalue weighted by molar-refractivity contribution is 7.99. The van der Waals surface area contributed by atoms with E-state index in [0.29, 0.717) is 6.54 Å². The van der Waals surface area contributed by atoms with Crippen molar-refractivity contribution in [1.82, 2.24) is 5.32 Å². The van der Waals surface area contributed by atoms with Crippen LogP contribution in [0, 0.1) is 0 Å². The van der Waals surface area contributed by atoms with E-state index in [9.17, 15) is 0 Å². The van der Waals surface area contributed by atoms with Crippen LogP contribution in [0.15, 0.2) is 35.2 Å². The summed E-state index contributed by atoms with van der Waals surface area (Å²) >= 11 is 1.83. The van der Waals surface area contributed by atoms with Crippen molar-refractivity contribution < 1.29 is 5.11 Å². The molecule has 72 valence electrons. The van der Waals surface area contributed by atoms with Gasteiger partial charge in [-0.3, -0.25) is 0 Å². The second-order valence-electron chi connectivity index (χ2n) is 2.64. The zero-order valence-electron chi connectivity index (χ0n) is 7.57. The number of thioether (sulfide) groups is 1. The third-order valence-electron chi connectivity index (χ3n) is 1.58. The van der Waals surface area contributed by atoms with E-state index < -0.39 is 0 Å². The minimum absolute atomic E-state index is 0.218. The van der Waals surface area contributed by atoms with Crippen molar-refractivity contribution in [1.29, 1.82) is 0 Å². The molecule has 0 saturated heterocycles. The zero-order chi connectivity index (χ0) is 9.36. The molecule has 2 nitrogen and oxygen atoms in total. The van der Waals surface area contributed by atoms with Crippen molar-refractivity contribution in [2.24, 2.45) is 0 Å². The topological polar surface area (TPSA) is 32.3 Å². The van der Waals surface area contributed by atoms with Gasteiger partial charge in [-0.25, -0.2) is 0 Å². The smallest absolute Gasteiger partial charge is 0.0555 e. The van der Waals surface area contributed by atoms with Crippen molar-refractivity contribution in [3.63, 3.8) is 0 Å². The Morgan fingerprint density at radius 1 is 1.15 bits per heavy atom. The minimum atomic E-state index is 0.218. The van der Waals surface area contributed by atoms with E-state index in [1.54, 1.807) is 0 Å². The molecule has 0 atom stereocenters. The molecule has 0 aliphatic rings. The van der Waals surface area contributed by atoms with Gasteiger partial charge in [-0.15, -0.1) is 11.8 Å². The SMILES string of the molecule is OCCNCCSc1ccccc1. The summed E-state index contributed by atoms with van der Waals surface area (Å²) in [6.07, 6.45) is 0. The molecular weight excluding hydrogens is 182 g/mol. The summed E-state index contributed by atoms with van der Waals surface area (Å²) in [4.78, 5) is 1.30. The predicted octanol–water partition coefficient (Wildman–Crippen LogP) is 1.36. The fourth-order valence-corrected chi connectivity index (χ4v) is 1.79. The van der Waals surface area contributed by atoms with E-state index in [1.165, 1.54) is 4.90 Å². The van der Waals surface area contributed by atoms with Crippen LogP contribution in [0.2, 0.25) is 0 Å². The third-order valence-corrected chi connectivity index (χ3v) is 2.59. The summed E-state index contributed by atoms with van der Waals surface area (Å²) in [5.41, 5.74) is 0. The van der Waals surface area contributed by atoms with E-state index >= 15 is 0 Å². The van der Waals surface area contributed by atoms with Crippen molar-refractivity contribution in [3.8, 4) is 0 Å². The fraction of sp³-hybridized carbons (Fsp3) is 0.400. The molecule has 3 heteroatoms. The lowest BCUT2D eigenvalue weighted by Gasteiger charge is -2.02. The Hall–Kier alpha value is -0.510. The zero-order valence-corrected chi connectivity index (χ0v) is 8.39. The summed E-state index contributed by atoms with van der Waals surface area (Å²) in [6, 6.07) is 10.3. The van der Waals surface area contributed by atoms with Gasteiger partial charge in [0.15, 0.2) is 0 Å². The van der Waals surface area contributed by atoms with Gasteiger partial charge in [-0.1, -0.05) is 18.2 Å². The molecular formula is C10H15NOS. The Labute approximate surface area is 83.4 Å². The Bertz CT molecular complexity index is 215. The Kier molecular flexibility index (Phi) is 5.65. The maximum Gasteiger partial charge on any atom is 0.0555 e. The lowest BCUT2D eigenvalue weighted by Crippen LogP contribution is -2.20. The molecule has 0 bridgehead atoms. The molecule has 0 heterocycles. The normalized spacial score (nSPS) is 10.2. The van der Waals surface area contributed by atoms with Crippen LogP contribution in [-0.4, -0.2) is 30.6 Å². The lowest BCUT2D eigenvalue weighted by molar-refractivity contribution is 0.294. The predicted molar refractivity (Wildman–Crippen MR) is 57.1 cm³/mol. The molecule has 0 aliphatic heterocycles. The summed E-state index contributed by atoms with van der Waals surface area (Å²) in [7, 11) is 0. The molecule has 0 aliphatic carbocycles. The maximum absolute atomic E-state index is 8.51. The first kappa shape index (κ1) is 10.6. The van der Waals surface area contributed by atoms with Gasteiger partial charge in [0, 0.05) is 23.7 Å². The molecule has 1 aromatic rings. The van der Waals surface area contributed by atoms with Crippen molar-refractivity contribution >= 4 is 11.8 Å². The lowest BCUT2D eigenvalue weighted by atomic mass is 10.4. The van der Waals surface area contributed by atoms with Crippen LogP contribution >= 0.6 is 11.8 Å². The van der Waals surface area contributed by atoms with E-state index in [1.807, 2.05) is 30.0 Å². The van der Waals surface area contributed by atoms with E-state index in [0.717, 1.165) is 12.3 Å². The van der Waals surface area contributed by atoms with E-state index in [-0.39, 0.29) is 6.61 Å². The first-order chi connectivity index (χ1) is 6.43. The number of benzene rings is 1. The van der Waals surface area contributed by atoms with Gasteiger partial charge in [0.05, 0.1) is 6.61 Å². The maximum atomic E-state index is 8.51. The van der Waals surface area contributed by atoms with Gasteiger partial charge in [0.2, 0.25) is 0 Å². The molecule has 1 rings (SSSR count). The monoisotopic (exact) mass is 197 g/mol. The molecule has 0 fully saturated rings. The molecule has 0 unspecified atom stereocenters. The Morgan fingerprint density at radius 3 is 2.62 bits per heavy atom. The molecule has 0 saturated carbocycles. The van der Waals surface area contributed by atoms with Gasteiger partial charge in [0.25, 0.3) is 0 Å². The summed E-state index contributed by atoms with van der Waals surface area (Å²) < 4.78 is 0. The van der Waals surface area contributed by atoms with Crippen molar-refractivity contribution in [2.45, 2.75) is 4.90 Å². The number of aliphatic hydroxyl groups excluding tert-OH is 1. The average Bonchev–Trinajstić information content (AvgIpc) is 2.19. The highest BCUT2D eigenvalue weighted by atomic mass is 32.2. The first-order valence-corrected chi connectivity index (χ1v) is 5.41. The first-order valence-electron chi connectivity index (χ1n) is 4.43. The average molecular weight is 197 g/mol. The number of rotatable bonds is 6. The molecule has 0 aromatic heterocycles. The van der Waals surface area contributed by atoms with Gasteiger partial charge in [-0.2, -0.15) is 0 Å². The van der Waals surface area contributed by atoms with Crippen LogP contribution in [0.25, 0.3) is 0 Å². The Morgan fingerprint density at radius 2 is 1.92 bits per heavy atom. The molecule has 0 radical (unpaired) electrons. The fourth-order valence-electron chi connectivity index (χ4n) is 0.962. The second-order valence-corrected chi connectivity index (χ2v) is 3.80. The number of hydrogen-bond acceptors (Lipinski definition) is 3. The highest BCUT2D eigenvalue weighted by Crippen LogP contribution is 2.15. The Balaban J connectivity index is 2.07. The second kappa shape index (κ2) is 6.95. The van der Waals surface area contributed by atoms with E-state index in [4.69, 9.17) is 5.11 Å². The van der Waals surface area contributed by atoms with Crippen LogP contribution in [0.1, 0.15) is 0 Å². The van der Waals surface area contributed by atoms with Crippen molar-refractivity contribution in [3.05, 3.63) is 30.3 Å². The van der Waals surface area contributed by atoms with Crippen LogP contribution < -0.4 is 5.32 Å². The van der Waals surface area contributed by atoms with Crippen LogP contribution in [0.3, 0.4) is 0 Å². The molecule has 0 amide bonds. The van der Waals surface area contributed by atoms with Gasteiger partial charge >= 0.3 is 0 Å². The van der Waals surface area contributed by atoms with Gasteiger partial charge in [0.1, 0.15) is 0 Å². The quantitative estimate of drug-likeness (QED) is 0.533. The van der Waals surface area contributed by atoms with Crippen LogP contribution in [0.4, 0.5) is 0 Å². The third kappa shape index (κ3) is 4.93. The number of aliphatic hydroxyl groups is 1. The summed E-state index contributed by atoms with van der Waals surface area (Å²) in [5, 5.41) is 11.6. The van der Waals surface area contributed by atoms with Crippen molar-refractivity contribution in [2.75, 3.05) is 25.4 Å². The molecule has 1 aromatic carbocycles. The van der Waals surface area contributed by atoms with Gasteiger partial charge in [-0.05, 0) is 12.1 Å². The minimum Gasteiger partial charge on any atom is -0.395 e. The summed E-state index contributed by atoms with van der Waals surface area (Å²) in [6.45, 7) is 1.85. The molecule has 13 heavy (non-hydrogen) atoms. The largest absolute Gasteiger partial charge is 0.395 e. The van der Waals surface area contributed by atoms with Crippen LogP contribution in [0.5, 0.6) is 0 Å².